The smallest absolute Gasteiger partial charge is 0.306 e. The minimum absolute atomic E-state index is 0.0763. The summed E-state index contributed by atoms with van der Waals surface area (Å²) in [5, 5.41) is 0. The molecule has 0 amide bonds. The molecule has 0 aromatic carbocycles. The van der Waals surface area contributed by atoms with E-state index in [1.54, 1.807) is 0 Å². The zero-order valence-corrected chi connectivity index (χ0v) is 50.7. The van der Waals surface area contributed by atoms with Gasteiger partial charge in [-0.15, -0.1) is 0 Å². The van der Waals surface area contributed by atoms with Crippen molar-refractivity contribution in [1.82, 2.24) is 0 Å². The Bertz CT molecular complexity index is 1510. The predicted octanol–water partition coefficient (Wildman–Crippen LogP) is 22.4. The molecule has 0 rings (SSSR count). The molecule has 1 unspecified atom stereocenters. The van der Waals surface area contributed by atoms with Crippen LogP contribution in [0.5, 0.6) is 0 Å². The number of carbonyl (C=O) groups excluding carboxylic acids is 3. The van der Waals surface area contributed by atoms with Crippen LogP contribution in [0.2, 0.25) is 0 Å². The monoisotopic (exact) mass is 1070 g/mol. The van der Waals surface area contributed by atoms with Gasteiger partial charge in [0.2, 0.25) is 0 Å². The fourth-order valence-electron chi connectivity index (χ4n) is 9.18. The first-order chi connectivity index (χ1) is 38.0. The number of unbranched alkanes of at least 4 members (excludes halogenated alkanes) is 32. The Morgan fingerprint density at radius 1 is 0.273 bits per heavy atom. The lowest BCUT2D eigenvalue weighted by molar-refractivity contribution is -0.167. The summed E-state index contributed by atoms with van der Waals surface area (Å²) in [5.74, 6) is -0.877. The molecular weight excluding hydrogens is 949 g/mol. The molecule has 0 aliphatic heterocycles. The van der Waals surface area contributed by atoms with Crippen LogP contribution >= 0.6 is 0 Å². The van der Waals surface area contributed by atoms with Crippen LogP contribution in [0.15, 0.2) is 97.2 Å². The van der Waals surface area contributed by atoms with Crippen molar-refractivity contribution in [1.29, 1.82) is 0 Å². The van der Waals surface area contributed by atoms with Crippen molar-refractivity contribution in [2.45, 2.75) is 322 Å². The fraction of sp³-hybridized carbons (Fsp3) is 0.732. The third-order valence-corrected chi connectivity index (χ3v) is 14.1. The number of carbonyl (C=O) groups is 3. The molecule has 1 atom stereocenters. The average molecular weight is 1070 g/mol. The topological polar surface area (TPSA) is 78.9 Å². The molecule has 0 spiro atoms. The summed E-state index contributed by atoms with van der Waals surface area (Å²) < 4.78 is 16.9. The highest BCUT2D eigenvalue weighted by atomic mass is 16.6. The second-order valence-electron chi connectivity index (χ2n) is 21.6. The number of ether oxygens (including phenoxy) is 3. The first-order valence-electron chi connectivity index (χ1n) is 32.7. The van der Waals surface area contributed by atoms with Gasteiger partial charge in [-0.3, -0.25) is 14.4 Å². The highest BCUT2D eigenvalue weighted by Crippen LogP contribution is 2.16. The number of hydrogen-bond donors (Lipinski definition) is 0. The van der Waals surface area contributed by atoms with Gasteiger partial charge in [-0.25, -0.2) is 0 Å². The van der Waals surface area contributed by atoms with Crippen molar-refractivity contribution in [3.05, 3.63) is 97.2 Å². The zero-order chi connectivity index (χ0) is 55.7. The van der Waals surface area contributed by atoms with Crippen molar-refractivity contribution in [2.24, 2.45) is 0 Å². The molecule has 0 aliphatic rings. The highest BCUT2D eigenvalue weighted by Gasteiger charge is 2.19. The summed E-state index contributed by atoms with van der Waals surface area (Å²) in [6, 6.07) is 0. The quantitative estimate of drug-likeness (QED) is 0.0261. The SMILES string of the molecule is CC/C=C\C/C=C\C/C=C\C/C=C\C/C=C\C/C=C\C/C=C\CCCCCCCCCCCCCCCC(=O)OCC(COC(=O)CCCCCCCCCCCCC)OC(=O)CCCCCCC/C=C\CCCCCC. The summed E-state index contributed by atoms with van der Waals surface area (Å²) >= 11 is 0. The van der Waals surface area contributed by atoms with Gasteiger partial charge in [0, 0.05) is 19.3 Å². The van der Waals surface area contributed by atoms with Crippen molar-refractivity contribution in [2.75, 3.05) is 13.2 Å². The first-order valence-corrected chi connectivity index (χ1v) is 32.7. The third-order valence-electron chi connectivity index (χ3n) is 14.1. The molecule has 6 heteroatoms. The molecule has 0 saturated carbocycles. The number of rotatable bonds is 59. The predicted molar refractivity (Wildman–Crippen MR) is 334 cm³/mol. The van der Waals surface area contributed by atoms with Crippen LogP contribution in [-0.4, -0.2) is 37.2 Å². The standard InChI is InChI=1S/C71H122O6/c1-4-7-10-13-16-19-22-24-25-26-27-28-29-30-31-32-33-34-35-36-37-38-39-40-41-42-43-44-45-47-49-52-55-58-61-64-70(73)76-67-68(66-75-69(72)63-60-57-54-51-48-21-18-15-12-9-6-3)77-71(74)65-62-59-56-53-50-46-23-20-17-14-11-8-5-2/h7,10,16,19-20,23-25,27-28,30-31,33-34,36-37,68H,4-6,8-9,11-15,17-18,21-22,26,29,32,35,38-67H2,1-3H3/b10-7-,19-16-,23-20-,25-24-,28-27-,31-30-,34-33-,37-36-. The maximum Gasteiger partial charge on any atom is 0.306 e. The molecular formula is C71H122O6. The van der Waals surface area contributed by atoms with Crippen LogP contribution in [0, 0.1) is 0 Å². The minimum Gasteiger partial charge on any atom is -0.462 e. The molecule has 6 nitrogen and oxygen atoms in total. The first kappa shape index (κ1) is 73.3. The normalized spacial score (nSPS) is 12.7. The van der Waals surface area contributed by atoms with Crippen LogP contribution in [0.1, 0.15) is 316 Å². The molecule has 0 aromatic rings. The number of esters is 3. The van der Waals surface area contributed by atoms with E-state index in [1.165, 1.54) is 161 Å². The van der Waals surface area contributed by atoms with E-state index in [9.17, 15) is 14.4 Å². The van der Waals surface area contributed by atoms with Gasteiger partial charge in [-0.2, -0.15) is 0 Å². The third kappa shape index (κ3) is 63.0. The minimum atomic E-state index is -0.778. The van der Waals surface area contributed by atoms with Crippen LogP contribution in [0.4, 0.5) is 0 Å². The van der Waals surface area contributed by atoms with Gasteiger partial charge in [-0.05, 0) is 103 Å². The Balaban J connectivity index is 4.11. The van der Waals surface area contributed by atoms with Gasteiger partial charge in [-0.1, -0.05) is 291 Å². The van der Waals surface area contributed by atoms with E-state index in [0.29, 0.717) is 19.3 Å². The Labute approximate surface area is 477 Å². The summed E-state index contributed by atoms with van der Waals surface area (Å²) in [6.45, 7) is 6.52. The molecule has 0 radical (unpaired) electrons. The number of hydrogen-bond acceptors (Lipinski definition) is 6. The lowest BCUT2D eigenvalue weighted by Gasteiger charge is -2.18. The molecule has 0 aromatic heterocycles. The van der Waals surface area contributed by atoms with E-state index in [1.807, 2.05) is 0 Å². The maximum atomic E-state index is 12.8. The summed E-state index contributed by atoms with van der Waals surface area (Å²) in [5.41, 5.74) is 0. The summed E-state index contributed by atoms with van der Waals surface area (Å²) in [7, 11) is 0. The molecule has 0 saturated heterocycles. The maximum absolute atomic E-state index is 12.8. The van der Waals surface area contributed by atoms with Crippen molar-refractivity contribution < 1.29 is 28.6 Å². The second kappa shape index (κ2) is 64.9. The van der Waals surface area contributed by atoms with Gasteiger partial charge in [0.15, 0.2) is 6.10 Å². The average Bonchev–Trinajstić information content (AvgIpc) is 3.43. The van der Waals surface area contributed by atoms with Crippen molar-refractivity contribution >= 4 is 17.9 Å². The second-order valence-corrected chi connectivity index (χ2v) is 21.6. The Kier molecular flexibility index (Phi) is 61.8. The summed E-state index contributed by atoms with van der Waals surface area (Å²) in [6.07, 6.45) is 87.2. The van der Waals surface area contributed by atoms with Crippen LogP contribution in [0.3, 0.4) is 0 Å². The highest BCUT2D eigenvalue weighted by molar-refractivity contribution is 5.71. The molecule has 442 valence electrons. The van der Waals surface area contributed by atoms with Crippen LogP contribution in [0.25, 0.3) is 0 Å². The van der Waals surface area contributed by atoms with E-state index >= 15 is 0 Å². The molecule has 0 aliphatic carbocycles. The van der Waals surface area contributed by atoms with E-state index in [0.717, 1.165) is 116 Å². The fourth-order valence-corrected chi connectivity index (χ4v) is 9.18. The van der Waals surface area contributed by atoms with Crippen molar-refractivity contribution in [3.8, 4) is 0 Å². The van der Waals surface area contributed by atoms with E-state index in [2.05, 4.69) is 118 Å². The van der Waals surface area contributed by atoms with E-state index < -0.39 is 6.10 Å². The van der Waals surface area contributed by atoms with Gasteiger partial charge < -0.3 is 14.2 Å². The Morgan fingerprint density at radius 3 is 0.818 bits per heavy atom. The van der Waals surface area contributed by atoms with Gasteiger partial charge in [0.05, 0.1) is 0 Å². The molecule has 0 fully saturated rings. The van der Waals surface area contributed by atoms with E-state index in [-0.39, 0.29) is 31.1 Å². The van der Waals surface area contributed by atoms with E-state index in [4.69, 9.17) is 14.2 Å². The lowest BCUT2D eigenvalue weighted by Crippen LogP contribution is -2.30. The van der Waals surface area contributed by atoms with Crippen LogP contribution < -0.4 is 0 Å². The lowest BCUT2D eigenvalue weighted by atomic mass is 10.0. The molecule has 0 N–H and O–H groups in total. The molecule has 77 heavy (non-hydrogen) atoms. The largest absolute Gasteiger partial charge is 0.462 e. The number of allylic oxidation sites excluding steroid dienone is 16. The van der Waals surface area contributed by atoms with Gasteiger partial charge >= 0.3 is 17.9 Å². The summed E-state index contributed by atoms with van der Waals surface area (Å²) in [4.78, 5) is 38.2. The van der Waals surface area contributed by atoms with Gasteiger partial charge in [0.25, 0.3) is 0 Å². The zero-order valence-electron chi connectivity index (χ0n) is 50.7. The molecule has 0 heterocycles. The molecule has 0 bridgehead atoms. The Morgan fingerprint density at radius 2 is 0.506 bits per heavy atom. The van der Waals surface area contributed by atoms with Gasteiger partial charge in [0.1, 0.15) is 13.2 Å². The van der Waals surface area contributed by atoms with Crippen molar-refractivity contribution in [3.63, 3.8) is 0 Å². The van der Waals surface area contributed by atoms with Crippen LogP contribution in [-0.2, 0) is 28.6 Å². The Hall–Kier alpha value is -3.67.